The van der Waals surface area contributed by atoms with Crippen LogP contribution in [0.25, 0.3) is 0 Å². The Morgan fingerprint density at radius 1 is 1.35 bits per heavy atom. The first-order valence-electron chi connectivity index (χ1n) is 6.30. The summed E-state index contributed by atoms with van der Waals surface area (Å²) in [6.45, 7) is 4.41. The van der Waals surface area contributed by atoms with Gasteiger partial charge < -0.3 is 4.90 Å². The lowest BCUT2D eigenvalue weighted by molar-refractivity contribution is 0.521. The summed E-state index contributed by atoms with van der Waals surface area (Å²) in [7, 11) is 0. The molecule has 2 rings (SSSR count). The predicted octanol–water partition coefficient (Wildman–Crippen LogP) is 4.19. The topological polar surface area (TPSA) is 3.24 Å². The van der Waals surface area contributed by atoms with Crippen molar-refractivity contribution in [3.63, 3.8) is 0 Å². The van der Waals surface area contributed by atoms with E-state index in [-0.39, 0.29) is 5.82 Å². The van der Waals surface area contributed by atoms with Crippen molar-refractivity contribution in [1.82, 2.24) is 0 Å². The summed E-state index contributed by atoms with van der Waals surface area (Å²) in [5.41, 5.74) is 2.01. The second-order valence-corrected chi connectivity index (χ2v) is 5.20. The molecule has 1 unspecified atom stereocenters. The number of anilines is 1. The molecule has 1 aliphatic rings. The molecule has 0 saturated carbocycles. The summed E-state index contributed by atoms with van der Waals surface area (Å²) in [6.07, 6.45) is 3.70. The maximum atomic E-state index is 13.2. The summed E-state index contributed by atoms with van der Waals surface area (Å²) >= 11 is 5.90. The Bertz CT molecular complexity index is 380. The maximum absolute atomic E-state index is 13.2. The highest BCUT2D eigenvalue weighted by Gasteiger charge is 2.16. The molecule has 0 spiro atoms. The largest absolute Gasteiger partial charge is 0.371 e. The molecular formula is C14H19ClFN. The van der Waals surface area contributed by atoms with Crippen molar-refractivity contribution in [2.75, 3.05) is 18.0 Å². The lowest BCUT2D eigenvalue weighted by atomic mass is 10.0. The molecule has 3 heteroatoms. The van der Waals surface area contributed by atoms with Gasteiger partial charge in [0.1, 0.15) is 5.82 Å². The Morgan fingerprint density at radius 3 is 2.94 bits per heavy atom. The molecule has 0 radical (unpaired) electrons. The summed E-state index contributed by atoms with van der Waals surface area (Å²) in [6, 6.07) is 4.94. The molecule has 1 aliphatic heterocycles. The fourth-order valence-electron chi connectivity index (χ4n) is 2.47. The molecule has 0 bridgehead atoms. The van der Waals surface area contributed by atoms with Crippen LogP contribution in [0.1, 0.15) is 31.7 Å². The fourth-order valence-corrected chi connectivity index (χ4v) is 2.69. The first-order valence-corrected chi connectivity index (χ1v) is 6.83. The van der Waals surface area contributed by atoms with Crippen molar-refractivity contribution in [3.05, 3.63) is 29.6 Å². The van der Waals surface area contributed by atoms with Crippen LogP contribution in [0.5, 0.6) is 0 Å². The van der Waals surface area contributed by atoms with Crippen molar-refractivity contribution >= 4 is 17.3 Å². The molecule has 1 aromatic carbocycles. The van der Waals surface area contributed by atoms with Gasteiger partial charge in [0.2, 0.25) is 0 Å². The molecule has 1 fully saturated rings. The third kappa shape index (κ3) is 3.12. The second-order valence-electron chi connectivity index (χ2n) is 4.93. The number of nitrogens with zero attached hydrogens (tertiary/aromatic N) is 1. The summed E-state index contributed by atoms with van der Waals surface area (Å²) in [5.74, 6) is 0.964. The van der Waals surface area contributed by atoms with Crippen LogP contribution in [0, 0.1) is 11.7 Å². The number of benzene rings is 1. The molecule has 1 nitrogen and oxygen atoms in total. The molecule has 0 aromatic heterocycles. The first-order chi connectivity index (χ1) is 8.20. The van der Waals surface area contributed by atoms with Gasteiger partial charge in [-0.2, -0.15) is 0 Å². The van der Waals surface area contributed by atoms with E-state index in [1.807, 2.05) is 6.07 Å². The number of hydrogen-bond donors (Lipinski definition) is 0. The maximum Gasteiger partial charge on any atom is 0.123 e. The number of halogens is 2. The van der Waals surface area contributed by atoms with Gasteiger partial charge in [0.15, 0.2) is 0 Å². The molecular weight excluding hydrogens is 237 g/mol. The van der Waals surface area contributed by atoms with Gasteiger partial charge in [-0.15, -0.1) is 11.6 Å². The average molecular weight is 256 g/mol. The van der Waals surface area contributed by atoms with Crippen molar-refractivity contribution in [2.45, 2.75) is 32.1 Å². The van der Waals surface area contributed by atoms with Gasteiger partial charge in [0.05, 0.1) is 0 Å². The highest BCUT2D eigenvalue weighted by atomic mass is 35.5. The molecule has 17 heavy (non-hydrogen) atoms. The van der Waals surface area contributed by atoms with E-state index in [1.54, 1.807) is 6.07 Å². The van der Waals surface area contributed by atoms with Crippen LogP contribution in [0.15, 0.2) is 18.2 Å². The van der Waals surface area contributed by atoms with Gasteiger partial charge in [-0.3, -0.25) is 0 Å². The van der Waals surface area contributed by atoms with Crippen molar-refractivity contribution in [3.8, 4) is 0 Å². The van der Waals surface area contributed by atoms with Crippen LogP contribution in [0.3, 0.4) is 0 Å². The summed E-state index contributed by atoms with van der Waals surface area (Å²) < 4.78 is 13.2. The van der Waals surface area contributed by atoms with Crippen molar-refractivity contribution < 1.29 is 4.39 Å². The van der Waals surface area contributed by atoms with Crippen molar-refractivity contribution in [1.29, 1.82) is 0 Å². The summed E-state index contributed by atoms with van der Waals surface area (Å²) in [4.78, 5) is 2.35. The van der Waals surface area contributed by atoms with Crippen LogP contribution in [0.2, 0.25) is 0 Å². The normalized spacial score (nSPS) is 21.4. The third-order valence-corrected chi connectivity index (χ3v) is 3.83. The van der Waals surface area contributed by atoms with Crippen LogP contribution in [0.4, 0.5) is 10.1 Å². The van der Waals surface area contributed by atoms with E-state index in [9.17, 15) is 4.39 Å². The van der Waals surface area contributed by atoms with Gasteiger partial charge in [-0.25, -0.2) is 4.39 Å². The van der Waals surface area contributed by atoms with E-state index in [1.165, 1.54) is 25.3 Å². The minimum absolute atomic E-state index is 0.201. The van der Waals surface area contributed by atoms with Crippen LogP contribution in [-0.2, 0) is 5.88 Å². The van der Waals surface area contributed by atoms with E-state index in [0.717, 1.165) is 30.3 Å². The quantitative estimate of drug-likeness (QED) is 0.717. The zero-order valence-electron chi connectivity index (χ0n) is 10.3. The van der Waals surface area contributed by atoms with Crippen LogP contribution < -0.4 is 4.90 Å². The van der Waals surface area contributed by atoms with E-state index in [0.29, 0.717) is 5.88 Å². The van der Waals surface area contributed by atoms with Crippen molar-refractivity contribution in [2.24, 2.45) is 5.92 Å². The average Bonchev–Trinajstić information content (AvgIpc) is 2.54. The van der Waals surface area contributed by atoms with Crippen LogP contribution >= 0.6 is 11.6 Å². The molecule has 0 aliphatic carbocycles. The van der Waals surface area contributed by atoms with Gasteiger partial charge in [0.25, 0.3) is 0 Å². The van der Waals surface area contributed by atoms with E-state index in [2.05, 4.69) is 11.8 Å². The lowest BCUT2D eigenvalue weighted by Crippen LogP contribution is -2.25. The molecule has 1 heterocycles. The molecule has 1 aromatic rings. The third-order valence-electron chi connectivity index (χ3n) is 3.54. The zero-order valence-corrected chi connectivity index (χ0v) is 11.0. The second kappa shape index (κ2) is 5.72. The Morgan fingerprint density at radius 2 is 2.18 bits per heavy atom. The predicted molar refractivity (Wildman–Crippen MR) is 71.2 cm³/mol. The minimum Gasteiger partial charge on any atom is -0.371 e. The Labute approximate surface area is 108 Å². The molecule has 0 N–H and O–H groups in total. The monoisotopic (exact) mass is 255 g/mol. The van der Waals surface area contributed by atoms with Gasteiger partial charge in [-0.1, -0.05) is 6.92 Å². The number of rotatable bonds is 2. The summed E-state index contributed by atoms with van der Waals surface area (Å²) in [5, 5.41) is 0. The van der Waals surface area contributed by atoms with E-state index >= 15 is 0 Å². The smallest absolute Gasteiger partial charge is 0.123 e. The highest BCUT2D eigenvalue weighted by Crippen LogP contribution is 2.27. The van der Waals surface area contributed by atoms with Gasteiger partial charge in [-0.05, 0) is 48.9 Å². The van der Waals surface area contributed by atoms with Gasteiger partial charge >= 0.3 is 0 Å². The molecule has 0 amide bonds. The highest BCUT2D eigenvalue weighted by molar-refractivity contribution is 6.17. The Balaban J connectivity index is 2.20. The van der Waals surface area contributed by atoms with Crippen LogP contribution in [-0.4, -0.2) is 13.1 Å². The Kier molecular flexibility index (Phi) is 4.27. The minimum atomic E-state index is -0.201. The Hall–Kier alpha value is -0.760. The SMILES string of the molecule is CC1CCCN(c2ccc(F)cc2CCl)CC1. The standard InChI is InChI=1S/C14H19ClFN/c1-11-3-2-7-17(8-6-11)14-5-4-13(16)9-12(14)10-15/h4-5,9,11H,2-3,6-8,10H2,1H3. The number of hydrogen-bond acceptors (Lipinski definition) is 1. The van der Waals surface area contributed by atoms with Gasteiger partial charge in [0, 0.05) is 24.7 Å². The molecule has 94 valence electrons. The number of alkyl halides is 1. The van der Waals surface area contributed by atoms with E-state index in [4.69, 9.17) is 11.6 Å². The molecule has 1 saturated heterocycles. The fraction of sp³-hybridized carbons (Fsp3) is 0.571. The first kappa shape index (κ1) is 12.7. The zero-order chi connectivity index (χ0) is 12.3. The van der Waals surface area contributed by atoms with E-state index < -0.39 is 0 Å². The lowest BCUT2D eigenvalue weighted by Gasteiger charge is -2.25. The molecule has 1 atom stereocenters.